The zero-order valence-corrected chi connectivity index (χ0v) is 16.6. The molecule has 8 bridgehead atoms. The average molecular weight is 510 g/mol. The van der Waals surface area contributed by atoms with E-state index in [0.717, 1.165) is 44.8 Å². The number of hydrogen-bond acceptors (Lipinski definition) is 3. The van der Waals surface area contributed by atoms with Crippen molar-refractivity contribution in [2.24, 2.45) is 0 Å². The van der Waals surface area contributed by atoms with E-state index < -0.39 is 0 Å². The molecule has 0 radical (unpaired) electrons. The molecule has 2 aliphatic heterocycles. The van der Waals surface area contributed by atoms with Crippen molar-refractivity contribution in [2.75, 3.05) is 0 Å². The molecule has 2 N–H and O–H groups in total. The molecule has 5 heterocycles. The Hall–Kier alpha value is -2.91. The summed E-state index contributed by atoms with van der Waals surface area (Å²) in [6.07, 6.45) is 8.09. The molecule has 0 aliphatic carbocycles. The quantitative estimate of drug-likeness (QED) is 0.322. The van der Waals surface area contributed by atoms with E-state index in [1.165, 1.54) is 0 Å². The summed E-state index contributed by atoms with van der Waals surface area (Å²) in [7, 11) is 0. The number of H-pyrrole nitrogens is 2. The molecule has 0 fully saturated rings. The van der Waals surface area contributed by atoms with Crippen molar-refractivity contribution in [3.05, 3.63) is 71.3 Å². The summed E-state index contributed by atoms with van der Waals surface area (Å²) >= 11 is 0.333. The molecule has 6 heteroatoms. The Morgan fingerprint density at radius 3 is 1.08 bits per heavy atom. The van der Waals surface area contributed by atoms with Gasteiger partial charge in [-0.1, -0.05) is 0 Å². The molecule has 5 nitrogen and oxygen atoms in total. The molecule has 2 aliphatic rings. The second-order valence-electron chi connectivity index (χ2n) is 5.91. The van der Waals surface area contributed by atoms with E-state index >= 15 is 0 Å². The van der Waals surface area contributed by atoms with Gasteiger partial charge in [-0.25, -0.2) is 9.97 Å². The van der Waals surface area contributed by atoms with Crippen molar-refractivity contribution in [1.29, 1.82) is 0 Å². The fraction of sp³-hybridized carbons (Fsp3) is 0. The van der Waals surface area contributed by atoms with Crippen LogP contribution < -0.4 is 0 Å². The first-order chi connectivity index (χ1) is 12.8. The number of aromatic amines is 2. The van der Waals surface area contributed by atoms with Crippen molar-refractivity contribution >= 4 is 46.4 Å². The summed E-state index contributed by atoms with van der Waals surface area (Å²) in [5.41, 5.74) is 7.86. The molecule has 5 rings (SSSR count). The number of nitrogens with zero attached hydrogens (tertiary/aromatic N) is 2. The molecular weight excluding hydrogens is 496 g/mol. The van der Waals surface area contributed by atoms with Crippen LogP contribution in [0.1, 0.15) is 22.8 Å². The maximum atomic E-state index is 8.33. The SMILES string of the molecule is C1=Cc2cc3ccc(cc4nc(cc5ccc(cc1n2)[nH]5)C=C4)[nH]3.[O]=[W]. The van der Waals surface area contributed by atoms with Crippen LogP contribution in [-0.2, 0) is 23.2 Å². The molecule has 0 atom stereocenters. The third-order valence-electron chi connectivity index (χ3n) is 4.04. The van der Waals surface area contributed by atoms with Gasteiger partial charge >= 0.3 is 23.2 Å². The molecule has 0 amide bonds. The Morgan fingerprint density at radius 1 is 0.538 bits per heavy atom. The monoisotopic (exact) mass is 510 g/mol. The number of rotatable bonds is 0. The Labute approximate surface area is 160 Å². The van der Waals surface area contributed by atoms with E-state index in [1.54, 1.807) is 0 Å². The number of nitrogens with one attached hydrogen (secondary N) is 2. The second-order valence-corrected chi connectivity index (χ2v) is 5.91. The fourth-order valence-electron chi connectivity index (χ4n) is 2.94. The van der Waals surface area contributed by atoms with Gasteiger partial charge in [0.25, 0.3) is 0 Å². The normalized spacial score (nSPS) is 11.8. The predicted molar refractivity (Wildman–Crippen MR) is 99.5 cm³/mol. The van der Waals surface area contributed by atoms with Crippen LogP contribution in [-0.4, -0.2) is 19.9 Å². The molecule has 0 unspecified atom stereocenters. The fourth-order valence-corrected chi connectivity index (χ4v) is 2.94. The summed E-state index contributed by atoms with van der Waals surface area (Å²) in [6.45, 7) is 0. The number of hydrogen-bond donors (Lipinski definition) is 2. The third kappa shape index (κ3) is 3.53. The van der Waals surface area contributed by atoms with Gasteiger partial charge in [0.15, 0.2) is 0 Å². The van der Waals surface area contributed by atoms with E-state index in [9.17, 15) is 0 Å². The first kappa shape index (κ1) is 16.6. The van der Waals surface area contributed by atoms with Crippen LogP contribution in [0.2, 0.25) is 0 Å². The van der Waals surface area contributed by atoms with Crippen molar-refractivity contribution in [3.8, 4) is 0 Å². The van der Waals surface area contributed by atoms with E-state index in [1.807, 2.05) is 48.6 Å². The van der Waals surface area contributed by atoms with Crippen molar-refractivity contribution in [1.82, 2.24) is 19.9 Å². The van der Waals surface area contributed by atoms with Crippen molar-refractivity contribution in [2.45, 2.75) is 0 Å². The van der Waals surface area contributed by atoms with Crippen LogP contribution in [0, 0.1) is 0 Å². The Balaban J connectivity index is 0.000000814. The molecule has 26 heavy (non-hydrogen) atoms. The zero-order chi connectivity index (χ0) is 17.9. The summed E-state index contributed by atoms with van der Waals surface area (Å²) in [5.74, 6) is 0. The van der Waals surface area contributed by atoms with Gasteiger partial charge in [-0.2, -0.15) is 0 Å². The van der Waals surface area contributed by atoms with Gasteiger partial charge in [-0.05, 0) is 72.8 Å². The van der Waals surface area contributed by atoms with Gasteiger partial charge < -0.3 is 9.97 Å². The van der Waals surface area contributed by atoms with Crippen molar-refractivity contribution in [3.63, 3.8) is 0 Å². The Morgan fingerprint density at radius 2 is 0.808 bits per heavy atom. The maximum absolute atomic E-state index is 8.33. The van der Waals surface area contributed by atoms with Crippen LogP contribution in [0.3, 0.4) is 0 Å². The molecule has 0 spiro atoms. The Kier molecular flexibility index (Phi) is 4.55. The van der Waals surface area contributed by atoms with E-state index in [2.05, 4.69) is 44.2 Å². The van der Waals surface area contributed by atoms with E-state index in [0.29, 0.717) is 19.8 Å². The van der Waals surface area contributed by atoms with Crippen LogP contribution in [0.15, 0.2) is 48.5 Å². The van der Waals surface area contributed by atoms with Gasteiger partial charge in [-0.3, -0.25) is 0 Å². The third-order valence-corrected chi connectivity index (χ3v) is 4.04. The molecule has 0 saturated carbocycles. The van der Waals surface area contributed by atoms with Gasteiger partial charge in [0.2, 0.25) is 0 Å². The van der Waals surface area contributed by atoms with Gasteiger partial charge in [0, 0.05) is 22.1 Å². The van der Waals surface area contributed by atoms with Gasteiger partial charge in [0.05, 0.1) is 22.8 Å². The van der Waals surface area contributed by atoms with Crippen molar-refractivity contribution < 1.29 is 23.2 Å². The van der Waals surface area contributed by atoms with E-state index in [4.69, 9.17) is 3.40 Å². The second kappa shape index (κ2) is 7.14. The molecule has 3 aromatic heterocycles. The molecule has 3 aromatic rings. The summed E-state index contributed by atoms with van der Waals surface area (Å²) in [4.78, 5) is 16.0. The molecule has 0 saturated heterocycles. The van der Waals surface area contributed by atoms with Crippen LogP contribution in [0.5, 0.6) is 0 Å². The average Bonchev–Trinajstić information content (AvgIpc) is 3.42. The van der Waals surface area contributed by atoms with Gasteiger partial charge in [0.1, 0.15) is 0 Å². The first-order valence-electron chi connectivity index (χ1n) is 8.01. The summed E-state index contributed by atoms with van der Waals surface area (Å²) in [5, 5.41) is 0. The first-order valence-corrected chi connectivity index (χ1v) is 9.21. The van der Waals surface area contributed by atoms with Crippen LogP contribution >= 0.6 is 0 Å². The summed E-state index contributed by atoms with van der Waals surface area (Å²) in [6, 6.07) is 16.4. The molecule has 126 valence electrons. The minimum atomic E-state index is 0.333. The number of aromatic nitrogens is 4. The van der Waals surface area contributed by atoms with E-state index in [-0.39, 0.29) is 0 Å². The molecule has 0 aromatic carbocycles. The minimum absolute atomic E-state index is 0.333. The predicted octanol–water partition coefficient (Wildman–Crippen LogP) is 4.53. The molecular formula is C20H14N4OW. The standard InChI is InChI=1S/C20H14N4.O.W/c1-2-14-10-16-5-6-18(23-16)12-20-8-7-19(24-20)11-17-4-3-15(22-17)9-13(1)21-14;;/h1-12,21,24H;;. The Bertz CT molecular complexity index is 1010. The summed E-state index contributed by atoms with van der Waals surface area (Å²) < 4.78 is 8.33. The van der Waals surface area contributed by atoms with Crippen LogP contribution in [0.25, 0.3) is 46.4 Å². The topological polar surface area (TPSA) is 74.4 Å². The van der Waals surface area contributed by atoms with Crippen LogP contribution in [0.4, 0.5) is 0 Å². The van der Waals surface area contributed by atoms with Gasteiger partial charge in [-0.15, -0.1) is 0 Å². The zero-order valence-electron chi connectivity index (χ0n) is 13.6. The number of fused-ring (bicyclic) bond motifs is 8.